The van der Waals surface area contributed by atoms with Crippen molar-refractivity contribution in [2.75, 3.05) is 92.5 Å². The third-order valence-corrected chi connectivity index (χ3v) is 15.1. The summed E-state index contributed by atoms with van der Waals surface area (Å²) in [5.74, 6) is -20.1. The van der Waals surface area contributed by atoms with Gasteiger partial charge in [0.25, 0.3) is 0 Å². The van der Waals surface area contributed by atoms with Crippen LogP contribution in [0.2, 0.25) is 0 Å². The molecule has 78 heavy (non-hydrogen) atoms. The third-order valence-electron chi connectivity index (χ3n) is 15.1. The van der Waals surface area contributed by atoms with Crippen LogP contribution >= 0.6 is 0 Å². The highest BCUT2D eigenvalue weighted by molar-refractivity contribution is 5.06. The standard InChI is InChI=1S/C42H72O36/c43-1-15-22(51)29(58)36(65,72-15)9-66-38(31(60)24(53)17(3-45)74-38)11-68-40(33(62)26(55)19(5-47)76-40)13-70-42(35(64)28(57)21(7-49)78-42)14-71-41(34(63)27(56)20(6-48)77-41)12-69-39(32(61)25(54)18(4-46)75-39)10-67-37(8-50)30(59)23(52)16(2-44)73-37/h15-35,43-65H,1-14H2/t15-,16-,17-,18-,19-,20-,21-,22-,23-,24-,25-,26-,27-,28-,29-,30-,31-,32-,33-,34-,35-,36-,37-,38-,39-,40-,41?,42-/m0/s1. The van der Waals surface area contributed by atoms with E-state index in [1.807, 2.05) is 0 Å². The Hall–Kier alpha value is -1.44. The summed E-state index contributed by atoms with van der Waals surface area (Å²) in [7, 11) is 0. The van der Waals surface area contributed by atoms with Crippen molar-refractivity contribution in [3.63, 3.8) is 0 Å². The molecule has 7 aliphatic heterocycles. The molecule has 0 radical (unpaired) electrons. The largest absolute Gasteiger partial charge is 0.394 e. The van der Waals surface area contributed by atoms with Gasteiger partial charge in [0, 0.05) is 0 Å². The maximum atomic E-state index is 11.7. The molecule has 7 heterocycles. The van der Waals surface area contributed by atoms with Gasteiger partial charge in [-0.05, 0) is 0 Å². The minimum absolute atomic E-state index is 0.911. The van der Waals surface area contributed by atoms with Gasteiger partial charge in [-0.15, -0.1) is 0 Å². The number of aliphatic hydroxyl groups is 23. The first-order valence-electron chi connectivity index (χ1n) is 24.4. The van der Waals surface area contributed by atoms with Gasteiger partial charge >= 0.3 is 0 Å². The van der Waals surface area contributed by atoms with Crippen LogP contribution in [0.1, 0.15) is 0 Å². The summed E-state index contributed by atoms with van der Waals surface area (Å²) in [6.07, 6.45) is -42.5. The van der Waals surface area contributed by atoms with Crippen molar-refractivity contribution in [3.8, 4) is 0 Å². The van der Waals surface area contributed by atoms with E-state index in [1.54, 1.807) is 0 Å². The molecule has 0 aromatic rings. The Morgan fingerprint density at radius 2 is 0.423 bits per heavy atom. The van der Waals surface area contributed by atoms with Crippen molar-refractivity contribution in [2.24, 2.45) is 0 Å². The third kappa shape index (κ3) is 11.1. The molecule has 0 aliphatic carbocycles. The molecule has 7 fully saturated rings. The Kier molecular flexibility index (Phi) is 20.3. The molecule has 0 amide bonds. The summed E-state index contributed by atoms with van der Waals surface area (Å²) in [5, 5.41) is 246. The van der Waals surface area contributed by atoms with Crippen LogP contribution < -0.4 is 0 Å². The van der Waals surface area contributed by atoms with Gasteiger partial charge in [-0.1, -0.05) is 0 Å². The van der Waals surface area contributed by atoms with Crippen molar-refractivity contribution >= 4 is 0 Å². The number of ether oxygens (including phenoxy) is 13. The van der Waals surface area contributed by atoms with Crippen LogP contribution in [0.15, 0.2) is 0 Å². The second-order valence-corrected chi connectivity index (χ2v) is 20.0. The molecule has 0 aromatic heterocycles. The topological polar surface area (TPSA) is 585 Å². The van der Waals surface area contributed by atoms with Crippen LogP contribution in [0.3, 0.4) is 0 Å². The average molecular weight is 1150 g/mol. The summed E-state index contributed by atoms with van der Waals surface area (Å²) in [6.45, 7) is -16.5. The van der Waals surface area contributed by atoms with Gasteiger partial charge in [-0.25, -0.2) is 0 Å². The lowest BCUT2D eigenvalue weighted by atomic mass is 10.0. The highest BCUT2D eigenvalue weighted by Crippen LogP contribution is 2.45. The molecule has 36 nitrogen and oxygen atoms in total. The number of rotatable bonds is 26. The average Bonchev–Trinajstić information content (AvgIpc) is 4.22. The van der Waals surface area contributed by atoms with Crippen molar-refractivity contribution in [3.05, 3.63) is 0 Å². The summed E-state index contributed by atoms with van der Waals surface area (Å²) < 4.78 is 74.3. The van der Waals surface area contributed by atoms with Crippen molar-refractivity contribution in [1.29, 1.82) is 0 Å². The summed E-state index contributed by atoms with van der Waals surface area (Å²) in [4.78, 5) is 0. The van der Waals surface area contributed by atoms with Crippen LogP contribution in [0.5, 0.6) is 0 Å². The van der Waals surface area contributed by atoms with Crippen molar-refractivity contribution in [1.82, 2.24) is 0 Å². The first-order valence-corrected chi connectivity index (χ1v) is 24.4. The molecule has 7 saturated heterocycles. The quantitative estimate of drug-likeness (QED) is 0.0382. The van der Waals surface area contributed by atoms with E-state index >= 15 is 0 Å². The first-order chi connectivity index (χ1) is 36.7. The molecule has 7 aliphatic rings. The molecule has 23 N–H and O–H groups in total. The minimum atomic E-state index is -3.00. The lowest BCUT2D eigenvalue weighted by molar-refractivity contribution is -0.390. The molecule has 0 aromatic carbocycles. The SMILES string of the molecule is OC[C@@H]1OC(CO[C@@]2(CO[C@@]3(CO)O[C@@H](CO)[C@H](O)[C@@H]3O)O[C@@H](CO)[C@H](O)[C@@H]2O)(OC[C@]2(OC[C@]3(OC[C@]4(OC[C@]5(O)O[C@@H](CO)[C@H](O)[C@@H]5O)O[C@@H](CO)[C@H](O)[C@@H]4O)O[C@@H](CO)[C@H](O)[C@@H]3O)O[C@@H](CO)[C@H](O)[C@@H]2O)[C@@H](O)[C@H]1O. The van der Waals surface area contributed by atoms with E-state index < -0.39 is 261 Å². The molecule has 7 rings (SSSR count). The van der Waals surface area contributed by atoms with E-state index in [0.717, 1.165) is 0 Å². The number of hydrogen-bond donors (Lipinski definition) is 23. The molecule has 0 bridgehead atoms. The molecule has 36 heteroatoms. The zero-order chi connectivity index (χ0) is 57.7. The maximum absolute atomic E-state index is 11.7. The van der Waals surface area contributed by atoms with E-state index in [-0.39, 0.29) is 0 Å². The van der Waals surface area contributed by atoms with E-state index in [9.17, 15) is 117 Å². The van der Waals surface area contributed by atoms with Crippen LogP contribution in [0, 0.1) is 0 Å². The molecular weight excluding hydrogens is 1080 g/mol. The Morgan fingerprint density at radius 1 is 0.244 bits per heavy atom. The van der Waals surface area contributed by atoms with Gasteiger partial charge in [-0.3, -0.25) is 0 Å². The fraction of sp³-hybridized carbons (Fsp3) is 1.00. The predicted octanol–water partition coefficient (Wildman–Crippen LogP) is -16.3. The fourth-order valence-electron chi connectivity index (χ4n) is 10.2. The Labute approximate surface area is 439 Å². The Balaban J connectivity index is 1.20. The summed E-state index contributed by atoms with van der Waals surface area (Å²) >= 11 is 0. The maximum Gasteiger partial charge on any atom is 0.222 e. The fourth-order valence-corrected chi connectivity index (χ4v) is 10.2. The van der Waals surface area contributed by atoms with E-state index in [0.29, 0.717) is 0 Å². The van der Waals surface area contributed by atoms with E-state index in [2.05, 4.69) is 0 Å². The van der Waals surface area contributed by atoms with Gasteiger partial charge in [0.15, 0.2) is 0 Å². The molecule has 1 unspecified atom stereocenters. The number of aliphatic hydroxyl groups excluding tert-OH is 22. The van der Waals surface area contributed by atoms with Crippen molar-refractivity contribution in [2.45, 2.75) is 169 Å². The second-order valence-electron chi connectivity index (χ2n) is 20.0. The highest BCUT2D eigenvalue weighted by atomic mass is 16.8. The molecular formula is C42H72O36. The minimum Gasteiger partial charge on any atom is -0.394 e. The van der Waals surface area contributed by atoms with Gasteiger partial charge in [0.1, 0.15) is 174 Å². The zero-order valence-electron chi connectivity index (χ0n) is 41.1. The Morgan fingerprint density at radius 3 is 0.628 bits per heavy atom. The monoisotopic (exact) mass is 1150 g/mol. The molecule has 0 saturated carbocycles. The first kappa shape index (κ1) is 64.1. The van der Waals surface area contributed by atoms with Crippen LogP contribution in [0.25, 0.3) is 0 Å². The van der Waals surface area contributed by atoms with E-state index in [1.165, 1.54) is 0 Å². The van der Waals surface area contributed by atoms with Crippen molar-refractivity contribution < 1.29 is 179 Å². The molecule has 0 spiro atoms. The lowest BCUT2D eigenvalue weighted by Crippen LogP contribution is -2.61. The predicted molar refractivity (Wildman–Crippen MR) is 232 cm³/mol. The normalized spacial score (nSPS) is 52.4. The van der Waals surface area contributed by atoms with Gasteiger partial charge in [0.05, 0.1) is 46.2 Å². The molecule has 28 atom stereocenters. The van der Waals surface area contributed by atoms with Gasteiger partial charge in [-0.2, -0.15) is 0 Å². The van der Waals surface area contributed by atoms with Gasteiger partial charge < -0.3 is 179 Å². The van der Waals surface area contributed by atoms with E-state index in [4.69, 9.17) is 61.6 Å². The highest BCUT2D eigenvalue weighted by Gasteiger charge is 2.67. The smallest absolute Gasteiger partial charge is 0.222 e. The van der Waals surface area contributed by atoms with Gasteiger partial charge in [0.2, 0.25) is 40.5 Å². The van der Waals surface area contributed by atoms with Crippen LogP contribution in [-0.2, 0) is 61.6 Å². The summed E-state index contributed by atoms with van der Waals surface area (Å²) in [5.41, 5.74) is 0. The van der Waals surface area contributed by atoms with Crippen LogP contribution in [0.4, 0.5) is 0 Å². The molecule has 456 valence electrons. The summed E-state index contributed by atoms with van der Waals surface area (Å²) in [6, 6.07) is 0. The number of hydrogen-bond acceptors (Lipinski definition) is 36. The Bertz CT molecular complexity index is 1940. The zero-order valence-corrected chi connectivity index (χ0v) is 41.1. The second kappa shape index (κ2) is 24.6. The lowest BCUT2D eigenvalue weighted by Gasteiger charge is -2.42. The van der Waals surface area contributed by atoms with Crippen LogP contribution in [-0.4, -0.2) is 379 Å².